The van der Waals surface area contributed by atoms with Gasteiger partial charge in [-0.1, -0.05) is 32.3 Å². The molecule has 38 heavy (non-hydrogen) atoms. The smallest absolute Gasteiger partial charge is 0.318 e. The topological polar surface area (TPSA) is 198 Å². The third-order valence-electron chi connectivity index (χ3n) is 5.60. The molecule has 0 aromatic carbocycles. The van der Waals surface area contributed by atoms with Crippen molar-refractivity contribution in [2.24, 2.45) is 5.92 Å². The van der Waals surface area contributed by atoms with E-state index < -0.39 is 47.9 Å². The Morgan fingerprint density at radius 1 is 1.08 bits per heavy atom. The van der Waals surface area contributed by atoms with Gasteiger partial charge in [-0.3, -0.25) is 28.8 Å². The fourth-order valence-corrected chi connectivity index (χ4v) is 3.55. The number of aromatic nitrogens is 1. The summed E-state index contributed by atoms with van der Waals surface area (Å²) in [6.07, 6.45) is 1.08. The zero-order valence-electron chi connectivity index (χ0n) is 22.0. The van der Waals surface area contributed by atoms with Crippen LogP contribution in [0.15, 0.2) is 10.6 Å². The van der Waals surface area contributed by atoms with Gasteiger partial charge in [0.1, 0.15) is 11.6 Å². The van der Waals surface area contributed by atoms with Gasteiger partial charge in [-0.25, -0.2) is 0 Å². The van der Waals surface area contributed by atoms with Gasteiger partial charge in [0.2, 0.25) is 23.6 Å². The minimum Gasteiger partial charge on any atom is -0.393 e. The lowest BCUT2D eigenvalue weighted by molar-refractivity contribution is -0.132. The van der Waals surface area contributed by atoms with E-state index in [2.05, 4.69) is 35.7 Å². The summed E-state index contributed by atoms with van der Waals surface area (Å²) in [4.78, 5) is 72.4. The lowest BCUT2D eigenvalue weighted by Gasteiger charge is -2.22. The lowest BCUT2D eigenvalue weighted by atomic mass is 9.93. The molecule has 0 saturated carbocycles. The molecule has 14 nitrogen and oxygen atoms in total. The van der Waals surface area contributed by atoms with Crippen LogP contribution in [0.4, 0.5) is 0 Å². The van der Waals surface area contributed by atoms with Gasteiger partial charge in [0.15, 0.2) is 5.78 Å². The van der Waals surface area contributed by atoms with Gasteiger partial charge >= 0.3 is 12.4 Å². The Hall–Kier alpha value is -3.81. The van der Waals surface area contributed by atoms with E-state index in [9.17, 15) is 28.8 Å². The van der Waals surface area contributed by atoms with E-state index in [-0.39, 0.29) is 42.8 Å². The number of epoxide rings is 1. The fourth-order valence-electron chi connectivity index (χ4n) is 3.55. The Balaban J connectivity index is 1.80. The zero-order chi connectivity index (χ0) is 28.3. The van der Waals surface area contributed by atoms with Crippen molar-refractivity contribution in [1.82, 2.24) is 26.4 Å². The summed E-state index contributed by atoms with van der Waals surface area (Å²) in [5.74, 6) is -2.49. The van der Waals surface area contributed by atoms with Crippen LogP contribution < -0.4 is 26.0 Å². The number of amides is 4. The number of nitrogens with one attached hydrogen (secondary N) is 4. The number of carbonyl (C=O) groups is 6. The number of carbonyl (C=O) groups excluding carboxylic acids is 6. The van der Waals surface area contributed by atoms with Crippen LogP contribution in [-0.2, 0) is 39.9 Å². The number of hydrogen-bond donors (Lipinski definition) is 4. The van der Waals surface area contributed by atoms with Crippen LogP contribution in [0.5, 0.6) is 5.95 Å². The summed E-state index contributed by atoms with van der Waals surface area (Å²) in [7, 11) is 0. The highest BCUT2D eigenvalue weighted by Gasteiger charge is 2.50. The number of Topliss-reactive ketones (excluding diaryl/α,β-unsaturated/α-hetero) is 1. The standard InChI is InChI=1S/C24H35N5O9/c1-5-6-16(27-19(32)10-25-18(31)8-15-9-21(36-13-30)38-29-15)23(35)26-11-20(33)28-17(7-14(2)3)22(34)24(4)12-37-24/h9,13-14,16-17H,5-8,10-12H2,1-4H3,(H,25,31)(H,26,35)(H,27,32)(H,28,33)/t16-,17-,24?/m0/s1. The highest BCUT2D eigenvalue weighted by atomic mass is 16.6. The molecular formula is C24H35N5O9. The molecule has 1 aliphatic rings. The molecule has 1 aliphatic heterocycles. The number of ketones is 1. The predicted molar refractivity (Wildman–Crippen MR) is 131 cm³/mol. The zero-order valence-corrected chi connectivity index (χ0v) is 22.0. The Bertz CT molecular complexity index is 1020. The summed E-state index contributed by atoms with van der Waals surface area (Å²) in [6, 6.07) is -0.405. The molecule has 1 aromatic rings. The molecule has 2 heterocycles. The van der Waals surface area contributed by atoms with E-state index in [1.54, 1.807) is 6.92 Å². The molecule has 3 atom stereocenters. The number of hydrogen-bond acceptors (Lipinski definition) is 10. The van der Waals surface area contributed by atoms with Gasteiger partial charge in [0.25, 0.3) is 0 Å². The fraction of sp³-hybridized carbons (Fsp3) is 0.625. The van der Waals surface area contributed by atoms with E-state index in [0.29, 0.717) is 25.9 Å². The lowest BCUT2D eigenvalue weighted by Crippen LogP contribution is -2.53. The normalized spacial score (nSPS) is 17.6. The van der Waals surface area contributed by atoms with Gasteiger partial charge in [-0.05, 0) is 25.7 Å². The summed E-state index contributed by atoms with van der Waals surface area (Å²) in [5, 5.41) is 13.6. The molecule has 4 N–H and O–H groups in total. The first-order valence-corrected chi connectivity index (χ1v) is 12.3. The van der Waals surface area contributed by atoms with Crippen LogP contribution in [0.2, 0.25) is 0 Å². The second kappa shape index (κ2) is 14.2. The SMILES string of the molecule is CCC[C@H](NC(=O)CNC(=O)Cc1cc(OC=O)on1)C(=O)NCC(=O)N[C@@H](CC(C)C)C(=O)C1(C)CO1. The number of ether oxygens (including phenoxy) is 2. The summed E-state index contributed by atoms with van der Waals surface area (Å²) in [6.45, 7) is 7.04. The van der Waals surface area contributed by atoms with Gasteiger partial charge in [-0.2, -0.15) is 0 Å². The predicted octanol–water partition coefficient (Wildman–Crippen LogP) is -0.841. The van der Waals surface area contributed by atoms with Gasteiger partial charge in [0.05, 0.1) is 37.9 Å². The molecule has 210 valence electrons. The largest absolute Gasteiger partial charge is 0.393 e. The second-order valence-corrected chi connectivity index (χ2v) is 9.56. The van der Waals surface area contributed by atoms with Crippen LogP contribution in [-0.4, -0.2) is 78.4 Å². The van der Waals surface area contributed by atoms with Crippen LogP contribution in [0.3, 0.4) is 0 Å². The summed E-state index contributed by atoms with van der Waals surface area (Å²) in [5.41, 5.74) is -0.692. The van der Waals surface area contributed by atoms with Gasteiger partial charge in [0, 0.05) is 6.07 Å². The van der Waals surface area contributed by atoms with E-state index in [1.807, 2.05) is 20.8 Å². The Labute approximate surface area is 219 Å². The Morgan fingerprint density at radius 3 is 2.29 bits per heavy atom. The molecule has 1 unspecified atom stereocenters. The molecule has 1 saturated heterocycles. The average molecular weight is 538 g/mol. The minimum atomic E-state index is -0.928. The quantitative estimate of drug-likeness (QED) is 0.143. The van der Waals surface area contributed by atoms with Crippen molar-refractivity contribution in [1.29, 1.82) is 0 Å². The Kier molecular flexibility index (Phi) is 11.4. The van der Waals surface area contributed by atoms with Crippen molar-refractivity contribution in [2.45, 2.75) is 71.1 Å². The highest BCUT2D eigenvalue weighted by molar-refractivity contribution is 5.97. The van der Waals surface area contributed by atoms with Crippen molar-refractivity contribution in [2.75, 3.05) is 19.7 Å². The molecule has 1 aromatic heterocycles. The molecule has 0 spiro atoms. The maximum atomic E-state index is 12.7. The second-order valence-electron chi connectivity index (χ2n) is 9.56. The first-order chi connectivity index (χ1) is 18.0. The molecule has 14 heteroatoms. The minimum absolute atomic E-state index is 0.149. The first kappa shape index (κ1) is 30.4. The first-order valence-electron chi connectivity index (χ1n) is 12.3. The third-order valence-corrected chi connectivity index (χ3v) is 5.60. The highest BCUT2D eigenvalue weighted by Crippen LogP contribution is 2.29. The molecule has 0 radical (unpaired) electrons. The molecule has 0 bridgehead atoms. The number of nitrogens with zero attached hydrogens (tertiary/aromatic N) is 1. The van der Waals surface area contributed by atoms with E-state index >= 15 is 0 Å². The summed E-state index contributed by atoms with van der Waals surface area (Å²) >= 11 is 0. The molecule has 0 aliphatic carbocycles. The molecule has 1 fully saturated rings. The van der Waals surface area contributed by atoms with Crippen molar-refractivity contribution >= 4 is 35.9 Å². The molecule has 2 rings (SSSR count). The van der Waals surface area contributed by atoms with Gasteiger partial charge in [-0.15, -0.1) is 0 Å². The third kappa shape index (κ3) is 9.92. The van der Waals surface area contributed by atoms with Crippen LogP contribution in [0.1, 0.15) is 52.7 Å². The van der Waals surface area contributed by atoms with Crippen LogP contribution in [0.25, 0.3) is 0 Å². The van der Waals surface area contributed by atoms with E-state index in [1.165, 1.54) is 6.07 Å². The maximum Gasteiger partial charge on any atom is 0.318 e. The Morgan fingerprint density at radius 2 is 1.71 bits per heavy atom. The van der Waals surface area contributed by atoms with Crippen molar-refractivity contribution < 1.29 is 42.8 Å². The number of rotatable bonds is 17. The molecule has 4 amide bonds. The van der Waals surface area contributed by atoms with E-state index in [4.69, 9.17) is 4.74 Å². The monoisotopic (exact) mass is 537 g/mol. The van der Waals surface area contributed by atoms with Crippen molar-refractivity contribution in [3.63, 3.8) is 0 Å². The summed E-state index contributed by atoms with van der Waals surface area (Å²) < 4.78 is 14.4. The van der Waals surface area contributed by atoms with E-state index in [0.717, 1.165) is 0 Å². The average Bonchev–Trinajstić information content (AvgIpc) is 3.46. The molecular weight excluding hydrogens is 502 g/mol. The van der Waals surface area contributed by atoms with Crippen molar-refractivity contribution in [3.05, 3.63) is 11.8 Å². The maximum absolute atomic E-state index is 12.7. The van der Waals surface area contributed by atoms with Crippen LogP contribution >= 0.6 is 0 Å². The van der Waals surface area contributed by atoms with Gasteiger partial charge < -0.3 is 35.3 Å². The van der Waals surface area contributed by atoms with Crippen LogP contribution in [0, 0.1) is 5.92 Å². The van der Waals surface area contributed by atoms with Crippen molar-refractivity contribution in [3.8, 4) is 5.95 Å².